The number of ether oxygens (including phenoxy) is 1. The Morgan fingerprint density at radius 1 is 1.61 bits per heavy atom. The summed E-state index contributed by atoms with van der Waals surface area (Å²) in [7, 11) is 0. The number of hydrogen-bond donors (Lipinski definition) is 2. The number of aromatic hydroxyl groups is 1. The third-order valence-corrected chi connectivity index (χ3v) is 3.23. The van der Waals surface area contributed by atoms with Crippen molar-refractivity contribution in [1.29, 1.82) is 0 Å². The molecular formula is C13H16FNO3. The van der Waals surface area contributed by atoms with Gasteiger partial charge in [-0.2, -0.15) is 0 Å². The van der Waals surface area contributed by atoms with Gasteiger partial charge >= 0.3 is 0 Å². The molecule has 1 aromatic rings. The van der Waals surface area contributed by atoms with E-state index in [0.717, 1.165) is 18.6 Å². The van der Waals surface area contributed by atoms with E-state index in [1.807, 2.05) is 6.92 Å². The zero-order valence-corrected chi connectivity index (χ0v) is 10.1. The van der Waals surface area contributed by atoms with Crippen LogP contribution in [0.1, 0.15) is 23.7 Å². The first-order valence-electron chi connectivity index (χ1n) is 5.95. The fourth-order valence-electron chi connectivity index (χ4n) is 2.04. The summed E-state index contributed by atoms with van der Waals surface area (Å²) < 4.78 is 18.3. The molecule has 1 amide bonds. The molecule has 98 valence electrons. The monoisotopic (exact) mass is 253 g/mol. The number of hydrogen-bond acceptors (Lipinski definition) is 3. The molecule has 2 atom stereocenters. The minimum Gasteiger partial charge on any atom is -0.507 e. The highest BCUT2D eigenvalue weighted by Crippen LogP contribution is 2.20. The third-order valence-electron chi connectivity index (χ3n) is 3.23. The molecule has 0 spiro atoms. The number of rotatable bonds is 3. The first kappa shape index (κ1) is 12.8. The van der Waals surface area contributed by atoms with Gasteiger partial charge in [-0.05, 0) is 31.5 Å². The van der Waals surface area contributed by atoms with Gasteiger partial charge in [0.1, 0.15) is 11.6 Å². The van der Waals surface area contributed by atoms with Crippen molar-refractivity contribution in [1.82, 2.24) is 5.32 Å². The molecule has 0 bridgehead atoms. The van der Waals surface area contributed by atoms with Crippen LogP contribution in [-0.4, -0.2) is 30.3 Å². The summed E-state index contributed by atoms with van der Waals surface area (Å²) >= 11 is 0. The maximum Gasteiger partial charge on any atom is 0.255 e. The van der Waals surface area contributed by atoms with Crippen molar-refractivity contribution >= 4 is 5.91 Å². The number of phenols is 1. The Kier molecular flexibility index (Phi) is 3.81. The number of carbonyl (C=O) groups excluding carboxylic acids is 1. The van der Waals surface area contributed by atoms with E-state index in [4.69, 9.17) is 4.74 Å². The molecule has 1 heterocycles. The molecule has 0 aromatic heterocycles. The lowest BCUT2D eigenvalue weighted by Gasteiger charge is -2.19. The molecule has 4 nitrogen and oxygen atoms in total. The summed E-state index contributed by atoms with van der Waals surface area (Å²) in [6.45, 7) is 3.21. The average Bonchev–Trinajstić information content (AvgIpc) is 2.85. The van der Waals surface area contributed by atoms with Crippen molar-refractivity contribution in [2.24, 2.45) is 5.92 Å². The van der Waals surface area contributed by atoms with Crippen molar-refractivity contribution < 1.29 is 19.0 Å². The molecule has 18 heavy (non-hydrogen) atoms. The van der Waals surface area contributed by atoms with Crippen molar-refractivity contribution in [3.05, 3.63) is 29.6 Å². The Morgan fingerprint density at radius 3 is 3.06 bits per heavy atom. The first-order valence-corrected chi connectivity index (χ1v) is 5.95. The molecule has 1 aliphatic heterocycles. The summed E-state index contributed by atoms with van der Waals surface area (Å²) in [6.07, 6.45) is 0.899. The largest absolute Gasteiger partial charge is 0.507 e. The van der Waals surface area contributed by atoms with Crippen LogP contribution in [0.15, 0.2) is 18.2 Å². The van der Waals surface area contributed by atoms with Crippen LogP contribution in [0, 0.1) is 11.7 Å². The van der Waals surface area contributed by atoms with E-state index >= 15 is 0 Å². The highest BCUT2D eigenvalue weighted by atomic mass is 19.1. The van der Waals surface area contributed by atoms with Gasteiger partial charge in [0.05, 0.1) is 12.2 Å². The number of phenolic OH excluding ortho intramolecular Hbond substituents is 1. The number of halogens is 1. The third kappa shape index (κ3) is 2.79. The van der Waals surface area contributed by atoms with Gasteiger partial charge in [0.2, 0.25) is 0 Å². The number of amides is 1. The van der Waals surface area contributed by atoms with Crippen molar-refractivity contribution in [2.45, 2.75) is 19.4 Å². The van der Waals surface area contributed by atoms with E-state index in [-0.39, 0.29) is 23.3 Å². The van der Waals surface area contributed by atoms with Crippen LogP contribution in [0.25, 0.3) is 0 Å². The molecule has 5 heteroatoms. The molecule has 2 unspecified atom stereocenters. The second-order valence-corrected chi connectivity index (χ2v) is 4.55. The minimum atomic E-state index is -0.546. The number of carbonyl (C=O) groups is 1. The van der Waals surface area contributed by atoms with Crippen LogP contribution in [0.5, 0.6) is 5.75 Å². The lowest BCUT2D eigenvalue weighted by atomic mass is 10.0. The number of benzene rings is 1. The molecule has 1 aromatic carbocycles. The van der Waals surface area contributed by atoms with Crippen molar-refractivity contribution in [3.8, 4) is 5.75 Å². The predicted octanol–water partition coefficient (Wildman–Crippen LogP) is 1.69. The SMILES string of the molecule is CC(NC(=O)c1cc(F)ccc1O)C1CCOC1. The lowest BCUT2D eigenvalue weighted by molar-refractivity contribution is 0.0919. The Balaban J connectivity index is 2.04. The smallest absolute Gasteiger partial charge is 0.255 e. The van der Waals surface area contributed by atoms with E-state index < -0.39 is 11.7 Å². The van der Waals surface area contributed by atoms with Crippen LogP contribution < -0.4 is 5.32 Å². The number of nitrogens with one attached hydrogen (secondary N) is 1. The van der Waals surface area contributed by atoms with Gasteiger partial charge in [0.25, 0.3) is 5.91 Å². The molecule has 0 radical (unpaired) electrons. The first-order chi connectivity index (χ1) is 8.58. The van der Waals surface area contributed by atoms with E-state index in [0.29, 0.717) is 13.2 Å². The van der Waals surface area contributed by atoms with E-state index in [1.54, 1.807) is 0 Å². The van der Waals surface area contributed by atoms with Gasteiger partial charge in [0.15, 0.2) is 0 Å². The molecule has 2 rings (SSSR count). The maximum atomic E-state index is 13.0. The Labute approximate surface area is 105 Å². The van der Waals surface area contributed by atoms with E-state index in [2.05, 4.69) is 5.32 Å². The second kappa shape index (κ2) is 5.35. The van der Waals surface area contributed by atoms with Crippen LogP contribution in [-0.2, 0) is 4.74 Å². The van der Waals surface area contributed by atoms with Gasteiger partial charge in [-0.15, -0.1) is 0 Å². The molecule has 1 saturated heterocycles. The highest BCUT2D eigenvalue weighted by molar-refractivity contribution is 5.96. The molecule has 1 fully saturated rings. The predicted molar refractivity (Wildman–Crippen MR) is 63.9 cm³/mol. The summed E-state index contributed by atoms with van der Waals surface area (Å²) in [5.74, 6) is -0.963. The Bertz CT molecular complexity index is 444. The topological polar surface area (TPSA) is 58.6 Å². The zero-order chi connectivity index (χ0) is 13.1. The average molecular weight is 253 g/mol. The van der Waals surface area contributed by atoms with Crippen LogP contribution in [0.2, 0.25) is 0 Å². The molecule has 1 aliphatic rings. The lowest BCUT2D eigenvalue weighted by Crippen LogP contribution is -2.38. The fraction of sp³-hybridized carbons (Fsp3) is 0.462. The fourth-order valence-corrected chi connectivity index (χ4v) is 2.04. The van der Waals surface area contributed by atoms with Gasteiger partial charge in [-0.25, -0.2) is 4.39 Å². The van der Waals surface area contributed by atoms with E-state index in [1.165, 1.54) is 6.07 Å². The normalized spacial score (nSPS) is 20.7. The molecule has 2 N–H and O–H groups in total. The summed E-state index contributed by atoms with van der Waals surface area (Å²) in [4.78, 5) is 11.9. The molecular weight excluding hydrogens is 237 g/mol. The quantitative estimate of drug-likeness (QED) is 0.861. The Hall–Kier alpha value is -1.62. The minimum absolute atomic E-state index is 0.0410. The second-order valence-electron chi connectivity index (χ2n) is 4.55. The molecule has 0 saturated carbocycles. The van der Waals surface area contributed by atoms with Gasteiger partial charge in [0, 0.05) is 18.6 Å². The Morgan fingerprint density at radius 2 is 2.39 bits per heavy atom. The van der Waals surface area contributed by atoms with Gasteiger partial charge in [-0.1, -0.05) is 0 Å². The summed E-state index contributed by atoms with van der Waals surface area (Å²) in [5.41, 5.74) is -0.0410. The van der Waals surface area contributed by atoms with Crippen molar-refractivity contribution in [2.75, 3.05) is 13.2 Å². The summed E-state index contributed by atoms with van der Waals surface area (Å²) in [6, 6.07) is 3.25. The van der Waals surface area contributed by atoms with Gasteiger partial charge < -0.3 is 15.2 Å². The van der Waals surface area contributed by atoms with Crippen LogP contribution >= 0.6 is 0 Å². The standard InChI is InChI=1S/C13H16FNO3/c1-8(9-4-5-18-7-9)15-13(17)11-6-10(14)2-3-12(11)16/h2-3,6,8-9,16H,4-5,7H2,1H3,(H,15,17). The summed E-state index contributed by atoms with van der Waals surface area (Å²) in [5, 5.41) is 12.3. The van der Waals surface area contributed by atoms with Crippen LogP contribution in [0.4, 0.5) is 4.39 Å². The van der Waals surface area contributed by atoms with Gasteiger partial charge in [-0.3, -0.25) is 4.79 Å². The van der Waals surface area contributed by atoms with Crippen molar-refractivity contribution in [3.63, 3.8) is 0 Å². The zero-order valence-electron chi connectivity index (χ0n) is 10.1. The highest BCUT2D eigenvalue weighted by Gasteiger charge is 2.24. The maximum absolute atomic E-state index is 13.0. The van der Waals surface area contributed by atoms with E-state index in [9.17, 15) is 14.3 Å². The van der Waals surface area contributed by atoms with Crippen LogP contribution in [0.3, 0.4) is 0 Å². The molecule has 0 aliphatic carbocycles.